The van der Waals surface area contributed by atoms with Crippen LogP contribution in [-0.4, -0.2) is 16.1 Å². The van der Waals surface area contributed by atoms with Crippen molar-refractivity contribution in [3.05, 3.63) is 29.3 Å². The highest BCUT2D eigenvalue weighted by atomic mass is 32.1. The molecule has 0 aliphatic carbocycles. The summed E-state index contributed by atoms with van der Waals surface area (Å²) in [5, 5.41) is 14.7. The van der Waals surface area contributed by atoms with Gasteiger partial charge in [-0.2, -0.15) is 10.4 Å². The fourth-order valence-electron chi connectivity index (χ4n) is 1.41. The molecule has 0 N–H and O–H groups in total. The highest BCUT2D eigenvalue weighted by Gasteiger charge is 2.10. The van der Waals surface area contributed by atoms with Crippen LogP contribution in [0.2, 0.25) is 0 Å². The SMILES string of the molecule is N#CCCn1cc(C=O)c(-c2cccs2)n1. The maximum atomic E-state index is 10.9. The number of rotatable bonds is 4. The molecule has 2 rings (SSSR count). The third-order valence-electron chi connectivity index (χ3n) is 2.12. The molecule has 16 heavy (non-hydrogen) atoms. The summed E-state index contributed by atoms with van der Waals surface area (Å²) in [6.07, 6.45) is 2.87. The van der Waals surface area contributed by atoms with Crippen molar-refractivity contribution in [3.63, 3.8) is 0 Å². The third kappa shape index (κ3) is 2.02. The lowest BCUT2D eigenvalue weighted by atomic mass is 10.2. The lowest BCUT2D eigenvalue weighted by Gasteiger charge is -1.94. The van der Waals surface area contributed by atoms with Crippen LogP contribution in [0.3, 0.4) is 0 Å². The molecule has 2 aromatic heterocycles. The van der Waals surface area contributed by atoms with Crippen LogP contribution in [0.1, 0.15) is 16.8 Å². The smallest absolute Gasteiger partial charge is 0.153 e. The molecular formula is C11H9N3OS. The van der Waals surface area contributed by atoms with Crippen molar-refractivity contribution in [2.75, 3.05) is 0 Å². The summed E-state index contributed by atoms with van der Waals surface area (Å²) >= 11 is 1.54. The first kappa shape index (κ1) is 10.6. The molecule has 5 heteroatoms. The molecule has 0 bridgehead atoms. The van der Waals surface area contributed by atoms with Gasteiger partial charge in [0.2, 0.25) is 0 Å². The zero-order valence-corrected chi connectivity index (χ0v) is 9.28. The van der Waals surface area contributed by atoms with Gasteiger partial charge in [0.25, 0.3) is 0 Å². The zero-order valence-electron chi connectivity index (χ0n) is 8.46. The van der Waals surface area contributed by atoms with Gasteiger partial charge in [-0.3, -0.25) is 9.48 Å². The van der Waals surface area contributed by atoms with Crippen LogP contribution >= 0.6 is 11.3 Å². The summed E-state index contributed by atoms with van der Waals surface area (Å²) in [6, 6.07) is 5.90. The number of carbonyl (C=O) groups excluding carboxylic acids is 1. The minimum atomic E-state index is 0.393. The van der Waals surface area contributed by atoms with Gasteiger partial charge >= 0.3 is 0 Å². The largest absolute Gasteiger partial charge is 0.298 e. The first-order valence-corrected chi connectivity index (χ1v) is 5.66. The molecule has 0 amide bonds. The number of hydrogen-bond acceptors (Lipinski definition) is 4. The topological polar surface area (TPSA) is 58.7 Å². The van der Waals surface area contributed by atoms with Gasteiger partial charge in [0, 0.05) is 6.20 Å². The second-order valence-corrected chi connectivity index (χ2v) is 4.15. The first-order valence-electron chi connectivity index (χ1n) is 4.78. The first-order chi connectivity index (χ1) is 7.85. The summed E-state index contributed by atoms with van der Waals surface area (Å²) < 4.78 is 1.64. The van der Waals surface area contributed by atoms with E-state index in [1.165, 1.54) is 0 Å². The number of nitriles is 1. The summed E-state index contributed by atoms with van der Waals surface area (Å²) in [4.78, 5) is 11.9. The van der Waals surface area contributed by atoms with E-state index in [0.717, 1.165) is 11.2 Å². The van der Waals surface area contributed by atoms with E-state index in [4.69, 9.17) is 5.26 Å². The maximum Gasteiger partial charge on any atom is 0.153 e. The summed E-state index contributed by atoms with van der Waals surface area (Å²) in [6.45, 7) is 0.517. The van der Waals surface area contributed by atoms with E-state index >= 15 is 0 Å². The van der Waals surface area contributed by atoms with Crippen molar-refractivity contribution in [1.29, 1.82) is 5.26 Å². The fraction of sp³-hybridized carbons (Fsp3) is 0.182. The fourth-order valence-corrected chi connectivity index (χ4v) is 2.14. The van der Waals surface area contributed by atoms with Gasteiger partial charge in [-0.05, 0) is 11.4 Å². The standard InChI is InChI=1S/C11H9N3OS/c12-4-2-5-14-7-9(8-15)11(13-14)10-3-1-6-16-10/h1,3,6-8H,2,5H2. The molecular weight excluding hydrogens is 222 g/mol. The van der Waals surface area contributed by atoms with E-state index in [1.807, 2.05) is 17.5 Å². The number of thiophene rings is 1. The Morgan fingerprint density at radius 3 is 3.12 bits per heavy atom. The van der Waals surface area contributed by atoms with Gasteiger partial charge in [0.15, 0.2) is 6.29 Å². The molecule has 0 fully saturated rings. The van der Waals surface area contributed by atoms with Gasteiger partial charge in [0.05, 0.1) is 29.5 Å². The molecule has 0 unspecified atom stereocenters. The summed E-state index contributed by atoms with van der Waals surface area (Å²) in [5.74, 6) is 0. The van der Waals surface area contributed by atoms with Crippen molar-refractivity contribution in [2.24, 2.45) is 0 Å². The summed E-state index contributed by atoms with van der Waals surface area (Å²) in [7, 11) is 0. The van der Waals surface area contributed by atoms with Gasteiger partial charge < -0.3 is 0 Å². The number of hydrogen-bond donors (Lipinski definition) is 0. The van der Waals surface area contributed by atoms with Crippen molar-refractivity contribution >= 4 is 17.6 Å². The van der Waals surface area contributed by atoms with Crippen molar-refractivity contribution < 1.29 is 4.79 Å². The maximum absolute atomic E-state index is 10.9. The molecule has 2 heterocycles. The van der Waals surface area contributed by atoms with Crippen molar-refractivity contribution in [3.8, 4) is 16.6 Å². The minimum Gasteiger partial charge on any atom is -0.298 e. The van der Waals surface area contributed by atoms with Crippen molar-refractivity contribution in [2.45, 2.75) is 13.0 Å². The van der Waals surface area contributed by atoms with Crippen LogP contribution in [0.4, 0.5) is 0 Å². The Morgan fingerprint density at radius 1 is 1.62 bits per heavy atom. The lowest BCUT2D eigenvalue weighted by molar-refractivity contribution is 0.112. The molecule has 80 valence electrons. The van der Waals surface area contributed by atoms with Crippen molar-refractivity contribution in [1.82, 2.24) is 9.78 Å². The van der Waals surface area contributed by atoms with E-state index in [2.05, 4.69) is 11.2 Å². The highest BCUT2D eigenvalue weighted by Crippen LogP contribution is 2.25. The van der Waals surface area contributed by atoms with E-state index in [1.54, 1.807) is 22.2 Å². The van der Waals surface area contributed by atoms with E-state index in [-0.39, 0.29) is 0 Å². The Bertz CT molecular complexity index is 522. The number of nitrogens with zero attached hydrogens (tertiary/aromatic N) is 3. The molecule has 4 nitrogen and oxygen atoms in total. The molecule has 0 atom stereocenters. The minimum absolute atomic E-state index is 0.393. The van der Waals surface area contributed by atoms with Crippen LogP contribution in [0.25, 0.3) is 10.6 Å². The van der Waals surface area contributed by atoms with Gasteiger partial charge in [-0.25, -0.2) is 0 Å². The number of carbonyl (C=O) groups is 1. The second-order valence-electron chi connectivity index (χ2n) is 3.20. The molecule has 0 aliphatic rings. The predicted molar refractivity (Wildman–Crippen MR) is 61.2 cm³/mol. The number of aromatic nitrogens is 2. The Balaban J connectivity index is 2.34. The Morgan fingerprint density at radius 2 is 2.50 bits per heavy atom. The van der Waals surface area contributed by atoms with Crippen LogP contribution in [0.5, 0.6) is 0 Å². The van der Waals surface area contributed by atoms with E-state index in [0.29, 0.717) is 24.2 Å². The second kappa shape index (κ2) is 4.73. The average Bonchev–Trinajstić information content (AvgIpc) is 2.94. The normalized spacial score (nSPS) is 9.94. The quantitative estimate of drug-likeness (QED) is 0.759. The van der Waals surface area contributed by atoms with Gasteiger partial charge in [-0.15, -0.1) is 11.3 Å². The molecule has 2 aromatic rings. The van der Waals surface area contributed by atoms with E-state index < -0.39 is 0 Å². The Kier molecular flexibility index (Phi) is 3.13. The van der Waals surface area contributed by atoms with E-state index in [9.17, 15) is 4.79 Å². The van der Waals surface area contributed by atoms with Crippen LogP contribution < -0.4 is 0 Å². The van der Waals surface area contributed by atoms with Crippen LogP contribution in [0.15, 0.2) is 23.7 Å². The lowest BCUT2D eigenvalue weighted by Crippen LogP contribution is -1.97. The number of aldehydes is 1. The average molecular weight is 231 g/mol. The van der Waals surface area contributed by atoms with Crippen LogP contribution in [-0.2, 0) is 6.54 Å². The van der Waals surface area contributed by atoms with Crippen LogP contribution in [0, 0.1) is 11.3 Å². The molecule has 0 spiro atoms. The predicted octanol–water partition coefficient (Wildman–Crippen LogP) is 2.34. The number of aryl methyl sites for hydroxylation is 1. The Labute approximate surface area is 96.7 Å². The van der Waals surface area contributed by atoms with Gasteiger partial charge in [0.1, 0.15) is 5.69 Å². The molecule has 0 aliphatic heterocycles. The molecule has 0 saturated carbocycles. The monoisotopic (exact) mass is 231 g/mol. The third-order valence-corrected chi connectivity index (χ3v) is 3.00. The molecule has 0 aromatic carbocycles. The molecule has 0 radical (unpaired) electrons. The Hall–Kier alpha value is -1.93. The highest BCUT2D eigenvalue weighted by molar-refractivity contribution is 7.13. The van der Waals surface area contributed by atoms with Gasteiger partial charge in [-0.1, -0.05) is 6.07 Å². The summed E-state index contributed by atoms with van der Waals surface area (Å²) in [5.41, 5.74) is 1.27. The zero-order chi connectivity index (χ0) is 11.4. The molecule has 0 saturated heterocycles.